The van der Waals surface area contributed by atoms with Crippen molar-refractivity contribution >= 4 is 20.7 Å². The molecule has 0 fully saturated rings. The third-order valence-corrected chi connectivity index (χ3v) is 5.19. The summed E-state index contributed by atoms with van der Waals surface area (Å²) in [6, 6.07) is 33.7. The molecule has 5 rings (SSSR count). The maximum atomic E-state index is 5.82. The minimum atomic E-state index is 0.0522. The molecule has 1 unspecified atom stereocenters. The first-order valence-electron chi connectivity index (χ1n) is 10.4. The van der Waals surface area contributed by atoms with E-state index in [1.807, 2.05) is 47.5 Å². The molecule has 0 saturated heterocycles. The van der Waals surface area contributed by atoms with Gasteiger partial charge in [-0.2, -0.15) is 6.07 Å². The SMILES string of the molecule is CC1[N-]N(c2[c-]c(Oc3ccccn3)ccc2)C=C1c1ccc(-c2ccccc2)cc1.[Cl][Pt]. The first-order valence-corrected chi connectivity index (χ1v) is 13.2. The topological polar surface area (TPSA) is 39.5 Å². The summed E-state index contributed by atoms with van der Waals surface area (Å²) in [4.78, 5) is 4.20. The van der Waals surface area contributed by atoms with Crippen molar-refractivity contribution in [2.24, 2.45) is 0 Å². The van der Waals surface area contributed by atoms with Gasteiger partial charge in [-0.25, -0.2) is 4.98 Å². The molecule has 4 nitrogen and oxygen atoms in total. The summed E-state index contributed by atoms with van der Waals surface area (Å²) in [5, 5.41) is 1.87. The molecular formula is C27H21ClN3OPt-2. The maximum absolute atomic E-state index is 5.82. The molecule has 169 valence electrons. The van der Waals surface area contributed by atoms with Gasteiger partial charge in [0.05, 0.1) is 0 Å². The van der Waals surface area contributed by atoms with Gasteiger partial charge in [0.15, 0.2) is 0 Å². The average Bonchev–Trinajstić information content (AvgIpc) is 3.28. The van der Waals surface area contributed by atoms with E-state index < -0.39 is 0 Å². The van der Waals surface area contributed by atoms with E-state index in [1.165, 1.54) is 22.3 Å². The summed E-state index contributed by atoms with van der Waals surface area (Å²) in [6.45, 7) is 2.10. The molecule has 1 aliphatic heterocycles. The fourth-order valence-corrected chi connectivity index (χ4v) is 3.60. The van der Waals surface area contributed by atoms with Crippen molar-refractivity contribution < 1.29 is 23.5 Å². The molecule has 1 atom stereocenters. The van der Waals surface area contributed by atoms with Gasteiger partial charge in [0.2, 0.25) is 5.88 Å². The van der Waals surface area contributed by atoms with Gasteiger partial charge < -0.3 is 15.2 Å². The molecule has 2 heterocycles. The van der Waals surface area contributed by atoms with Gasteiger partial charge in [-0.05, 0) is 34.5 Å². The number of pyridine rings is 1. The fourth-order valence-electron chi connectivity index (χ4n) is 3.60. The molecule has 4 aromatic rings. The van der Waals surface area contributed by atoms with Crippen molar-refractivity contribution in [3.05, 3.63) is 120 Å². The first kappa shape index (κ1) is 23.3. The van der Waals surface area contributed by atoms with E-state index in [2.05, 4.69) is 82.1 Å². The van der Waals surface area contributed by atoms with E-state index in [4.69, 9.17) is 10.2 Å². The number of rotatable bonds is 5. The van der Waals surface area contributed by atoms with E-state index in [-0.39, 0.29) is 6.04 Å². The number of aromatic nitrogens is 1. The molecule has 0 spiro atoms. The molecule has 0 radical (unpaired) electrons. The van der Waals surface area contributed by atoms with Gasteiger partial charge in [0.25, 0.3) is 0 Å². The van der Waals surface area contributed by atoms with Crippen molar-refractivity contribution in [1.29, 1.82) is 0 Å². The Hall–Kier alpha value is -2.91. The zero-order valence-electron chi connectivity index (χ0n) is 17.8. The van der Waals surface area contributed by atoms with Crippen LogP contribution in [0.2, 0.25) is 0 Å². The van der Waals surface area contributed by atoms with Crippen LogP contribution in [0.5, 0.6) is 11.6 Å². The molecule has 0 aliphatic carbocycles. The molecule has 0 bridgehead atoms. The zero-order chi connectivity index (χ0) is 23.0. The van der Waals surface area contributed by atoms with E-state index >= 15 is 0 Å². The summed E-state index contributed by atoms with van der Waals surface area (Å²) in [5.74, 6) is 1.14. The van der Waals surface area contributed by atoms with Crippen LogP contribution >= 0.6 is 9.42 Å². The number of halogens is 1. The van der Waals surface area contributed by atoms with Crippen LogP contribution in [0.15, 0.2) is 103 Å². The number of benzene rings is 3. The van der Waals surface area contributed by atoms with Gasteiger partial charge in [-0.1, -0.05) is 79.3 Å². The summed E-state index contributed by atoms with van der Waals surface area (Å²) in [6.07, 6.45) is 3.77. The average molecular weight is 634 g/mol. The van der Waals surface area contributed by atoms with E-state index in [0.717, 1.165) is 5.69 Å². The molecule has 6 heteroatoms. The van der Waals surface area contributed by atoms with E-state index in [1.54, 1.807) is 25.0 Å². The van der Waals surface area contributed by atoms with Crippen LogP contribution in [0.4, 0.5) is 5.69 Å². The van der Waals surface area contributed by atoms with Crippen molar-refractivity contribution in [3.8, 4) is 22.8 Å². The molecule has 33 heavy (non-hydrogen) atoms. The Morgan fingerprint density at radius 1 is 0.848 bits per heavy atom. The zero-order valence-corrected chi connectivity index (χ0v) is 20.9. The third-order valence-electron chi connectivity index (χ3n) is 5.19. The normalized spacial score (nSPS) is 14.8. The van der Waals surface area contributed by atoms with Crippen LogP contribution in [-0.4, -0.2) is 11.0 Å². The molecule has 0 amide bonds. The second-order valence-electron chi connectivity index (χ2n) is 7.33. The molecule has 0 N–H and O–H groups in total. The molecule has 0 saturated carbocycles. The Morgan fingerprint density at radius 3 is 2.27 bits per heavy atom. The Morgan fingerprint density at radius 2 is 1.55 bits per heavy atom. The van der Waals surface area contributed by atoms with Crippen molar-refractivity contribution in [1.82, 2.24) is 4.98 Å². The van der Waals surface area contributed by atoms with Crippen molar-refractivity contribution in [2.45, 2.75) is 13.0 Å². The Bertz CT molecular complexity index is 1200. The standard InChI is InChI=1S/C27H21N3O.ClH.Pt/c1-20-26(23-15-13-22(14-16-23)21-8-3-2-4-9-21)19-30(29-20)24-10-7-11-25(18-24)31-27-12-5-6-17-28-27;;/h2-17,19-20H,1H3;1H;/q-2;;+1/p-1. The van der Waals surface area contributed by atoms with Gasteiger partial charge in [-0.3, -0.25) is 0 Å². The summed E-state index contributed by atoms with van der Waals surface area (Å²) >= 11 is 1.61. The number of anilines is 1. The first-order chi connectivity index (χ1) is 16.3. The van der Waals surface area contributed by atoms with Gasteiger partial charge in [0, 0.05) is 18.0 Å². The Balaban J connectivity index is 0.00000126. The van der Waals surface area contributed by atoms with Crippen LogP contribution in [0.25, 0.3) is 22.1 Å². The van der Waals surface area contributed by atoms with Crippen LogP contribution in [-0.2, 0) is 18.8 Å². The molecular weight excluding hydrogens is 613 g/mol. The number of ether oxygens (including phenoxy) is 1. The predicted molar refractivity (Wildman–Crippen MR) is 131 cm³/mol. The summed E-state index contributed by atoms with van der Waals surface area (Å²) in [5.41, 5.74) is 10.4. The van der Waals surface area contributed by atoms with E-state index in [0.29, 0.717) is 11.6 Å². The van der Waals surface area contributed by atoms with Crippen LogP contribution in [0.3, 0.4) is 0 Å². The fraction of sp³-hybridized carbons (Fsp3) is 0.0741. The van der Waals surface area contributed by atoms with Gasteiger partial charge in [-0.15, -0.1) is 18.2 Å². The second-order valence-corrected chi connectivity index (χ2v) is 7.33. The summed E-state index contributed by atoms with van der Waals surface area (Å²) < 4.78 is 5.82. The molecule has 1 aromatic heterocycles. The van der Waals surface area contributed by atoms with Crippen molar-refractivity contribution in [2.75, 3.05) is 5.01 Å². The minimum absolute atomic E-state index is 0.0522. The number of hydrogen-bond acceptors (Lipinski definition) is 3. The van der Waals surface area contributed by atoms with E-state index in [9.17, 15) is 0 Å². The summed E-state index contributed by atoms with van der Waals surface area (Å²) in [7, 11) is 4.61. The quantitative estimate of drug-likeness (QED) is 0.213. The third kappa shape index (κ3) is 5.72. The van der Waals surface area contributed by atoms with Crippen LogP contribution in [0, 0.1) is 6.07 Å². The molecule has 1 aliphatic rings. The predicted octanol–water partition coefficient (Wildman–Crippen LogP) is 7.57. The van der Waals surface area contributed by atoms with Crippen molar-refractivity contribution in [3.63, 3.8) is 0 Å². The monoisotopic (exact) mass is 633 g/mol. The van der Waals surface area contributed by atoms with Crippen LogP contribution in [0.1, 0.15) is 12.5 Å². The van der Waals surface area contributed by atoms with Gasteiger partial charge >= 0.3 is 28.2 Å². The molecule has 3 aromatic carbocycles. The number of nitrogens with zero attached hydrogens (tertiary/aromatic N) is 3. The number of hydrogen-bond donors (Lipinski definition) is 0. The van der Waals surface area contributed by atoms with Gasteiger partial charge in [0.1, 0.15) is 0 Å². The van der Waals surface area contributed by atoms with Crippen LogP contribution < -0.4 is 9.75 Å². The second kappa shape index (κ2) is 11.3. The Kier molecular flexibility index (Phi) is 7.95. The Labute approximate surface area is 209 Å².